The molecule has 0 saturated heterocycles. The molecule has 0 unspecified atom stereocenters. The van der Waals surface area contributed by atoms with E-state index in [9.17, 15) is 0 Å². The number of nitrogens with zero attached hydrogens (tertiary/aromatic N) is 3. The predicted octanol–water partition coefficient (Wildman–Crippen LogP) is 3.60. The van der Waals surface area contributed by atoms with Crippen LogP contribution in [0, 0.1) is 11.3 Å². The average molecular weight is 289 g/mol. The van der Waals surface area contributed by atoms with Gasteiger partial charge in [0.25, 0.3) is 0 Å². The molecule has 0 spiro atoms. The quantitative estimate of drug-likeness (QED) is 0.914. The van der Waals surface area contributed by atoms with E-state index in [1.165, 1.54) is 0 Å². The van der Waals surface area contributed by atoms with E-state index < -0.39 is 0 Å². The minimum atomic E-state index is 0.558. The molecule has 0 aliphatic rings. The van der Waals surface area contributed by atoms with Crippen molar-refractivity contribution in [3.05, 3.63) is 46.2 Å². The fourth-order valence-electron chi connectivity index (χ4n) is 2.02. The summed E-state index contributed by atoms with van der Waals surface area (Å²) < 4.78 is 1.99. The first-order valence-electron chi connectivity index (χ1n) is 6.67. The maximum Gasteiger partial charge on any atom is 0.0992 e. The zero-order valence-electron chi connectivity index (χ0n) is 11.7. The Morgan fingerprint density at radius 1 is 1.35 bits per heavy atom. The SMILES string of the molecule is CCc1cc(CNc2ccc(C#N)cc2Cl)n(CC)n1. The van der Waals surface area contributed by atoms with Crippen molar-refractivity contribution in [1.82, 2.24) is 9.78 Å². The van der Waals surface area contributed by atoms with Gasteiger partial charge in [0.2, 0.25) is 0 Å². The van der Waals surface area contributed by atoms with E-state index in [2.05, 4.69) is 36.4 Å². The van der Waals surface area contributed by atoms with Crippen LogP contribution in [-0.2, 0) is 19.5 Å². The van der Waals surface area contributed by atoms with Gasteiger partial charge in [0, 0.05) is 6.54 Å². The Bertz CT molecular complexity index is 640. The highest BCUT2D eigenvalue weighted by Crippen LogP contribution is 2.23. The van der Waals surface area contributed by atoms with Gasteiger partial charge in [0.1, 0.15) is 0 Å². The molecular formula is C15H17ClN4. The zero-order chi connectivity index (χ0) is 14.5. The summed E-state index contributed by atoms with van der Waals surface area (Å²) in [5.41, 5.74) is 3.61. The van der Waals surface area contributed by atoms with Crippen molar-refractivity contribution in [2.75, 3.05) is 5.32 Å². The van der Waals surface area contributed by atoms with Gasteiger partial charge in [-0.05, 0) is 37.6 Å². The van der Waals surface area contributed by atoms with Crippen LogP contribution in [0.1, 0.15) is 30.8 Å². The number of benzene rings is 1. The number of nitriles is 1. The number of halogens is 1. The highest BCUT2D eigenvalue weighted by atomic mass is 35.5. The maximum atomic E-state index is 8.82. The summed E-state index contributed by atoms with van der Waals surface area (Å²) in [7, 11) is 0. The Labute approximate surface area is 124 Å². The Morgan fingerprint density at radius 2 is 2.15 bits per heavy atom. The molecule has 0 fully saturated rings. The highest BCUT2D eigenvalue weighted by Gasteiger charge is 2.07. The topological polar surface area (TPSA) is 53.6 Å². The molecular weight excluding hydrogens is 272 g/mol. The summed E-state index contributed by atoms with van der Waals surface area (Å²) in [6.07, 6.45) is 0.928. The lowest BCUT2D eigenvalue weighted by Crippen LogP contribution is -2.08. The number of rotatable bonds is 5. The van der Waals surface area contributed by atoms with Gasteiger partial charge in [-0.15, -0.1) is 0 Å². The number of anilines is 1. The van der Waals surface area contributed by atoms with E-state index in [0.29, 0.717) is 17.1 Å². The first-order valence-corrected chi connectivity index (χ1v) is 7.04. The molecule has 0 bridgehead atoms. The van der Waals surface area contributed by atoms with Crippen LogP contribution >= 0.6 is 11.6 Å². The normalized spacial score (nSPS) is 10.3. The van der Waals surface area contributed by atoms with Crippen LogP contribution < -0.4 is 5.32 Å². The van der Waals surface area contributed by atoms with E-state index in [1.807, 2.05) is 10.7 Å². The van der Waals surface area contributed by atoms with Crippen molar-refractivity contribution < 1.29 is 0 Å². The van der Waals surface area contributed by atoms with Crippen LogP contribution in [0.5, 0.6) is 0 Å². The number of hydrogen-bond donors (Lipinski definition) is 1. The van der Waals surface area contributed by atoms with Gasteiger partial charge in [-0.3, -0.25) is 4.68 Å². The van der Waals surface area contributed by atoms with Gasteiger partial charge in [-0.2, -0.15) is 10.4 Å². The lowest BCUT2D eigenvalue weighted by atomic mass is 10.2. The van der Waals surface area contributed by atoms with Gasteiger partial charge in [0.15, 0.2) is 0 Å². The van der Waals surface area contributed by atoms with E-state index >= 15 is 0 Å². The number of nitrogens with one attached hydrogen (secondary N) is 1. The van der Waals surface area contributed by atoms with Crippen molar-refractivity contribution in [2.24, 2.45) is 0 Å². The van der Waals surface area contributed by atoms with Gasteiger partial charge >= 0.3 is 0 Å². The van der Waals surface area contributed by atoms with Crippen molar-refractivity contribution in [2.45, 2.75) is 33.4 Å². The highest BCUT2D eigenvalue weighted by molar-refractivity contribution is 6.33. The fourth-order valence-corrected chi connectivity index (χ4v) is 2.26. The molecule has 0 radical (unpaired) electrons. The van der Waals surface area contributed by atoms with E-state index in [1.54, 1.807) is 12.1 Å². The van der Waals surface area contributed by atoms with Crippen molar-refractivity contribution >= 4 is 17.3 Å². The van der Waals surface area contributed by atoms with E-state index in [-0.39, 0.29) is 0 Å². The lowest BCUT2D eigenvalue weighted by molar-refractivity contribution is 0.619. The Kier molecular flexibility index (Phi) is 4.65. The summed E-state index contributed by atoms with van der Waals surface area (Å²) in [6, 6.07) is 9.42. The molecule has 1 aromatic heterocycles. The van der Waals surface area contributed by atoms with Gasteiger partial charge < -0.3 is 5.32 Å². The molecule has 0 saturated carbocycles. The van der Waals surface area contributed by atoms with Crippen LogP contribution in [-0.4, -0.2) is 9.78 Å². The molecule has 4 nitrogen and oxygen atoms in total. The molecule has 0 amide bonds. The van der Waals surface area contributed by atoms with Crippen molar-refractivity contribution in [1.29, 1.82) is 5.26 Å². The Morgan fingerprint density at radius 3 is 2.75 bits per heavy atom. The summed E-state index contributed by atoms with van der Waals surface area (Å²) in [4.78, 5) is 0. The molecule has 1 aromatic carbocycles. The molecule has 5 heteroatoms. The molecule has 20 heavy (non-hydrogen) atoms. The second-order valence-electron chi connectivity index (χ2n) is 4.46. The van der Waals surface area contributed by atoms with Crippen molar-refractivity contribution in [3.8, 4) is 6.07 Å². The third kappa shape index (κ3) is 3.12. The molecule has 0 atom stereocenters. The largest absolute Gasteiger partial charge is 0.378 e. The minimum absolute atomic E-state index is 0.558. The summed E-state index contributed by atoms with van der Waals surface area (Å²) in [5, 5.41) is 17.2. The third-order valence-corrected chi connectivity index (χ3v) is 3.45. The number of aromatic nitrogens is 2. The minimum Gasteiger partial charge on any atom is -0.378 e. The summed E-state index contributed by atoms with van der Waals surface area (Å²) in [5.74, 6) is 0. The molecule has 1 N–H and O–H groups in total. The van der Waals surface area contributed by atoms with Gasteiger partial charge in [-0.25, -0.2) is 0 Å². The van der Waals surface area contributed by atoms with Crippen molar-refractivity contribution in [3.63, 3.8) is 0 Å². The van der Waals surface area contributed by atoms with E-state index in [4.69, 9.17) is 16.9 Å². The second-order valence-corrected chi connectivity index (χ2v) is 4.86. The summed E-state index contributed by atoms with van der Waals surface area (Å²) in [6.45, 7) is 5.67. The number of hydrogen-bond acceptors (Lipinski definition) is 3. The Balaban J connectivity index is 2.12. The second kappa shape index (κ2) is 6.44. The van der Waals surface area contributed by atoms with Crippen LogP contribution in [0.2, 0.25) is 5.02 Å². The third-order valence-electron chi connectivity index (χ3n) is 3.13. The van der Waals surface area contributed by atoms with Gasteiger partial charge in [0.05, 0.1) is 40.3 Å². The molecule has 2 aromatic rings. The molecule has 0 aliphatic carbocycles. The zero-order valence-corrected chi connectivity index (χ0v) is 12.4. The van der Waals surface area contributed by atoms with Crippen LogP contribution in [0.25, 0.3) is 0 Å². The lowest BCUT2D eigenvalue weighted by Gasteiger charge is -2.09. The van der Waals surface area contributed by atoms with Crippen LogP contribution in [0.4, 0.5) is 5.69 Å². The van der Waals surface area contributed by atoms with E-state index in [0.717, 1.165) is 30.0 Å². The molecule has 104 valence electrons. The average Bonchev–Trinajstić information content (AvgIpc) is 2.88. The molecule has 2 rings (SSSR count). The van der Waals surface area contributed by atoms with Crippen LogP contribution in [0.3, 0.4) is 0 Å². The standard InChI is InChI=1S/C15H17ClN4/c1-3-12-8-13(20(4-2)19-12)10-18-15-6-5-11(9-17)7-14(15)16/h5-8,18H,3-4,10H2,1-2H3. The fraction of sp³-hybridized carbons (Fsp3) is 0.333. The summed E-state index contributed by atoms with van der Waals surface area (Å²) >= 11 is 6.14. The Hall–Kier alpha value is -1.99. The van der Waals surface area contributed by atoms with Gasteiger partial charge in [-0.1, -0.05) is 18.5 Å². The number of aryl methyl sites for hydroxylation is 2. The molecule has 0 aliphatic heterocycles. The first kappa shape index (κ1) is 14.4. The molecule has 1 heterocycles. The maximum absolute atomic E-state index is 8.82. The smallest absolute Gasteiger partial charge is 0.0992 e. The first-order chi connectivity index (χ1) is 9.67. The van der Waals surface area contributed by atoms with Crippen LogP contribution in [0.15, 0.2) is 24.3 Å². The predicted molar refractivity (Wildman–Crippen MR) is 80.8 cm³/mol. The monoisotopic (exact) mass is 288 g/mol.